The molecule has 2 aromatic carbocycles. The van der Waals surface area contributed by atoms with Crippen LogP contribution in [-0.2, 0) is 19.4 Å². The van der Waals surface area contributed by atoms with Crippen LogP contribution in [0.25, 0.3) is 0 Å². The van der Waals surface area contributed by atoms with E-state index < -0.39 is 32.3 Å². The van der Waals surface area contributed by atoms with Crippen molar-refractivity contribution in [2.75, 3.05) is 12.4 Å². The number of hydrogen-bond donors (Lipinski definition) is 1. The van der Waals surface area contributed by atoms with Crippen LogP contribution in [0.5, 0.6) is 0 Å². The average Bonchev–Trinajstić information content (AvgIpc) is 2.57. The number of hydrogen-bond acceptors (Lipinski definition) is 5. The van der Waals surface area contributed by atoms with Crippen molar-refractivity contribution in [2.24, 2.45) is 0 Å². The van der Waals surface area contributed by atoms with Crippen LogP contribution in [0.15, 0.2) is 64.5 Å². The first-order valence-corrected chi connectivity index (χ1v) is 8.15. The number of anilines is 1. The molecule has 0 fully saturated rings. The average molecular weight is 353 g/mol. The van der Waals surface area contributed by atoms with E-state index in [-0.39, 0.29) is 10.6 Å². The quantitative estimate of drug-likeness (QED) is 0.661. The van der Waals surface area contributed by atoms with Crippen molar-refractivity contribution >= 4 is 21.5 Å². The summed E-state index contributed by atoms with van der Waals surface area (Å²) in [6, 6.07) is 9.92. The molecule has 0 amide bonds. The molecule has 0 heterocycles. The molecule has 0 saturated heterocycles. The zero-order valence-electron chi connectivity index (χ0n) is 12.5. The molecule has 0 aromatic heterocycles. The van der Waals surface area contributed by atoms with E-state index in [0.717, 1.165) is 25.4 Å². The number of nitrogens with one attached hydrogen (secondary N) is 1. The maximum Gasteiger partial charge on any atom is 0.351 e. The molecular formula is C16H13F2NO4S. The first-order valence-electron chi connectivity index (χ1n) is 6.66. The zero-order valence-corrected chi connectivity index (χ0v) is 13.3. The first kappa shape index (κ1) is 17.6. The fourth-order valence-corrected chi connectivity index (χ4v) is 3.11. The molecule has 0 atom stereocenters. The van der Waals surface area contributed by atoms with Crippen molar-refractivity contribution in [3.63, 3.8) is 0 Å². The number of carbonyl (C=O) groups excluding carboxylic acids is 1. The van der Waals surface area contributed by atoms with Crippen LogP contribution >= 0.6 is 0 Å². The van der Waals surface area contributed by atoms with Crippen molar-refractivity contribution < 1.29 is 26.7 Å². The summed E-state index contributed by atoms with van der Waals surface area (Å²) < 4.78 is 56.0. The van der Waals surface area contributed by atoms with Gasteiger partial charge in [-0.1, -0.05) is 18.2 Å². The molecule has 1 N–H and O–H groups in total. The van der Waals surface area contributed by atoms with Crippen LogP contribution < -0.4 is 5.32 Å². The summed E-state index contributed by atoms with van der Waals surface area (Å²) >= 11 is 0. The Kier molecular flexibility index (Phi) is 5.30. The highest BCUT2D eigenvalue weighted by Gasteiger charge is 2.28. The SMILES string of the molecule is COC(=O)/C(=C/Nc1ccc(F)cc1F)S(=O)(=O)c1ccccc1. The van der Waals surface area contributed by atoms with Gasteiger partial charge in [0.2, 0.25) is 9.84 Å². The fourth-order valence-electron chi connectivity index (χ4n) is 1.82. The largest absolute Gasteiger partial charge is 0.465 e. The molecule has 0 aliphatic rings. The van der Waals surface area contributed by atoms with Gasteiger partial charge in [-0.2, -0.15) is 0 Å². The van der Waals surface area contributed by atoms with Crippen LogP contribution in [0.1, 0.15) is 0 Å². The number of methoxy groups -OCH3 is 1. The second-order valence-corrected chi connectivity index (χ2v) is 6.50. The van der Waals surface area contributed by atoms with E-state index >= 15 is 0 Å². The maximum absolute atomic E-state index is 13.6. The van der Waals surface area contributed by atoms with Crippen molar-refractivity contribution in [2.45, 2.75) is 4.90 Å². The van der Waals surface area contributed by atoms with Gasteiger partial charge in [-0.05, 0) is 24.3 Å². The Bertz CT molecular complexity index is 880. The lowest BCUT2D eigenvalue weighted by Crippen LogP contribution is -2.17. The van der Waals surface area contributed by atoms with Gasteiger partial charge in [0.25, 0.3) is 0 Å². The van der Waals surface area contributed by atoms with E-state index in [1.807, 2.05) is 0 Å². The monoisotopic (exact) mass is 353 g/mol. The standard InChI is InChI=1S/C16H13F2NO4S/c1-23-16(20)15(24(21,22)12-5-3-2-4-6-12)10-19-14-8-7-11(17)9-13(14)18/h2-10,19H,1H3/b15-10-. The second-order valence-electron chi connectivity index (χ2n) is 4.59. The van der Waals surface area contributed by atoms with Gasteiger partial charge in [-0.3, -0.25) is 0 Å². The van der Waals surface area contributed by atoms with E-state index in [4.69, 9.17) is 0 Å². The minimum Gasteiger partial charge on any atom is -0.465 e. The van der Waals surface area contributed by atoms with Crippen molar-refractivity contribution in [3.8, 4) is 0 Å². The Morgan fingerprint density at radius 2 is 1.79 bits per heavy atom. The minimum absolute atomic E-state index is 0.122. The Morgan fingerprint density at radius 3 is 2.38 bits per heavy atom. The number of ether oxygens (including phenoxy) is 1. The molecule has 0 radical (unpaired) electrons. The number of sulfone groups is 1. The van der Waals surface area contributed by atoms with Gasteiger partial charge in [0, 0.05) is 12.3 Å². The second kappa shape index (κ2) is 7.22. The highest BCUT2D eigenvalue weighted by molar-refractivity contribution is 7.96. The normalized spacial score (nSPS) is 11.9. The Balaban J connectivity index is 2.44. The van der Waals surface area contributed by atoms with Crippen LogP contribution in [-0.4, -0.2) is 21.5 Å². The van der Waals surface area contributed by atoms with Crippen molar-refractivity contribution in [1.82, 2.24) is 0 Å². The van der Waals surface area contributed by atoms with E-state index in [9.17, 15) is 22.0 Å². The summed E-state index contributed by atoms with van der Waals surface area (Å²) in [6.45, 7) is 0. The fraction of sp³-hybridized carbons (Fsp3) is 0.0625. The third-order valence-electron chi connectivity index (χ3n) is 3.02. The highest BCUT2D eigenvalue weighted by atomic mass is 32.2. The van der Waals surface area contributed by atoms with Gasteiger partial charge < -0.3 is 10.1 Å². The van der Waals surface area contributed by atoms with Crippen molar-refractivity contribution in [1.29, 1.82) is 0 Å². The summed E-state index contributed by atoms with van der Waals surface area (Å²) in [6.07, 6.45) is 0.810. The molecule has 0 aliphatic heterocycles. The summed E-state index contributed by atoms with van der Waals surface area (Å²) in [5, 5.41) is 2.35. The summed E-state index contributed by atoms with van der Waals surface area (Å²) in [5.41, 5.74) is -0.193. The summed E-state index contributed by atoms with van der Waals surface area (Å²) in [4.78, 5) is 11.0. The molecular weight excluding hydrogens is 340 g/mol. The Morgan fingerprint density at radius 1 is 1.12 bits per heavy atom. The van der Waals surface area contributed by atoms with E-state index in [1.54, 1.807) is 6.07 Å². The third-order valence-corrected chi connectivity index (χ3v) is 4.78. The Hall–Kier alpha value is -2.74. The van der Waals surface area contributed by atoms with Gasteiger partial charge in [0.1, 0.15) is 11.6 Å². The number of halogens is 2. The van der Waals surface area contributed by atoms with Gasteiger partial charge >= 0.3 is 5.97 Å². The van der Waals surface area contributed by atoms with Crippen LogP contribution in [0.3, 0.4) is 0 Å². The molecule has 0 aliphatic carbocycles. The molecule has 5 nitrogen and oxygen atoms in total. The van der Waals surface area contributed by atoms with E-state index in [0.29, 0.717) is 6.07 Å². The lowest BCUT2D eigenvalue weighted by atomic mass is 10.3. The molecule has 8 heteroatoms. The lowest BCUT2D eigenvalue weighted by Gasteiger charge is -2.09. The zero-order chi connectivity index (χ0) is 17.7. The van der Waals surface area contributed by atoms with Crippen LogP contribution in [0, 0.1) is 11.6 Å². The predicted octanol–water partition coefficient (Wildman–Crippen LogP) is 2.87. The topological polar surface area (TPSA) is 72.5 Å². The number of carbonyl (C=O) groups is 1. The van der Waals surface area contributed by atoms with Gasteiger partial charge in [0.05, 0.1) is 17.7 Å². The Labute approximate surface area is 137 Å². The first-order chi connectivity index (χ1) is 11.4. The van der Waals surface area contributed by atoms with E-state index in [1.165, 1.54) is 24.3 Å². The van der Waals surface area contributed by atoms with Gasteiger partial charge in [-0.15, -0.1) is 0 Å². The summed E-state index contributed by atoms with van der Waals surface area (Å²) in [7, 11) is -3.15. The molecule has 126 valence electrons. The highest BCUT2D eigenvalue weighted by Crippen LogP contribution is 2.21. The maximum atomic E-state index is 13.6. The van der Waals surface area contributed by atoms with Gasteiger partial charge in [-0.25, -0.2) is 22.0 Å². The number of rotatable bonds is 5. The molecule has 24 heavy (non-hydrogen) atoms. The molecule has 2 rings (SSSR count). The molecule has 0 unspecified atom stereocenters. The van der Waals surface area contributed by atoms with Crippen molar-refractivity contribution in [3.05, 3.63) is 71.3 Å². The lowest BCUT2D eigenvalue weighted by molar-refractivity contribution is -0.135. The van der Waals surface area contributed by atoms with Gasteiger partial charge in [0.15, 0.2) is 4.91 Å². The number of benzene rings is 2. The number of esters is 1. The minimum atomic E-state index is -4.18. The van der Waals surface area contributed by atoms with Crippen LogP contribution in [0.2, 0.25) is 0 Å². The predicted molar refractivity (Wildman–Crippen MR) is 83.7 cm³/mol. The molecule has 0 saturated carbocycles. The molecule has 2 aromatic rings. The molecule has 0 bridgehead atoms. The smallest absolute Gasteiger partial charge is 0.351 e. The van der Waals surface area contributed by atoms with Crippen LogP contribution in [0.4, 0.5) is 14.5 Å². The van der Waals surface area contributed by atoms with E-state index in [2.05, 4.69) is 10.1 Å². The summed E-state index contributed by atoms with van der Waals surface area (Å²) in [5.74, 6) is -2.84. The third kappa shape index (κ3) is 3.77. The molecule has 0 spiro atoms.